The van der Waals surface area contributed by atoms with Gasteiger partial charge in [-0.05, 0) is 37.6 Å². The highest BCUT2D eigenvalue weighted by atomic mass is 16.1. The minimum absolute atomic E-state index is 0.0390. The third-order valence-electron chi connectivity index (χ3n) is 2.93. The lowest BCUT2D eigenvalue weighted by Gasteiger charge is -2.14. The van der Waals surface area contributed by atoms with Gasteiger partial charge in [0.15, 0.2) is 0 Å². The van der Waals surface area contributed by atoms with Crippen molar-refractivity contribution in [3.8, 4) is 0 Å². The molecule has 0 bridgehead atoms. The van der Waals surface area contributed by atoms with E-state index >= 15 is 0 Å². The van der Waals surface area contributed by atoms with Gasteiger partial charge >= 0.3 is 0 Å². The number of nitrogens with one attached hydrogen (secondary N) is 2. The number of hydrogen-bond donors (Lipinski definition) is 2. The Morgan fingerprint density at radius 1 is 1.40 bits per heavy atom. The van der Waals surface area contributed by atoms with Crippen LogP contribution in [0.15, 0.2) is 42.7 Å². The van der Waals surface area contributed by atoms with Gasteiger partial charge in [-0.25, -0.2) is 0 Å². The standard InChI is InChI=1S/C15H20N4O/c1-12-5-3-6-14(9-12)18-15(20)10-16-13(2)11-19-8-4-7-17-19/h3-9,13,16H,10-11H2,1-2H3,(H,18,20). The number of benzene rings is 1. The van der Waals surface area contributed by atoms with Crippen molar-refractivity contribution in [3.05, 3.63) is 48.3 Å². The van der Waals surface area contributed by atoms with Gasteiger partial charge in [-0.2, -0.15) is 5.10 Å². The van der Waals surface area contributed by atoms with E-state index in [1.165, 1.54) is 0 Å². The van der Waals surface area contributed by atoms with Gasteiger partial charge < -0.3 is 10.6 Å². The normalized spacial score (nSPS) is 12.1. The average molecular weight is 272 g/mol. The molecular formula is C15H20N4O. The first kappa shape index (κ1) is 14.3. The van der Waals surface area contributed by atoms with Crippen LogP contribution in [-0.4, -0.2) is 28.3 Å². The molecule has 1 aromatic carbocycles. The van der Waals surface area contributed by atoms with E-state index in [1.54, 1.807) is 6.20 Å². The zero-order valence-corrected chi connectivity index (χ0v) is 11.8. The van der Waals surface area contributed by atoms with Gasteiger partial charge in [0.1, 0.15) is 0 Å². The highest BCUT2D eigenvalue weighted by Crippen LogP contribution is 2.08. The molecule has 0 saturated heterocycles. The number of aromatic nitrogens is 2. The van der Waals surface area contributed by atoms with E-state index in [2.05, 4.69) is 15.7 Å². The molecule has 0 aliphatic rings. The molecule has 2 N–H and O–H groups in total. The van der Waals surface area contributed by atoms with Crippen molar-refractivity contribution in [2.75, 3.05) is 11.9 Å². The predicted octanol–water partition coefficient (Wildman–Crippen LogP) is 1.81. The second-order valence-corrected chi connectivity index (χ2v) is 4.93. The Kier molecular flexibility index (Phi) is 4.90. The van der Waals surface area contributed by atoms with E-state index in [-0.39, 0.29) is 18.5 Å². The van der Waals surface area contributed by atoms with Crippen molar-refractivity contribution in [2.24, 2.45) is 0 Å². The minimum Gasteiger partial charge on any atom is -0.325 e. The molecule has 1 aromatic heterocycles. The summed E-state index contributed by atoms with van der Waals surface area (Å²) in [4.78, 5) is 11.8. The van der Waals surface area contributed by atoms with Crippen molar-refractivity contribution in [3.63, 3.8) is 0 Å². The fraction of sp³-hybridized carbons (Fsp3) is 0.333. The smallest absolute Gasteiger partial charge is 0.238 e. The zero-order valence-electron chi connectivity index (χ0n) is 11.8. The average Bonchev–Trinajstić information content (AvgIpc) is 2.89. The van der Waals surface area contributed by atoms with Crippen LogP contribution in [0.2, 0.25) is 0 Å². The first-order chi connectivity index (χ1) is 9.63. The summed E-state index contributed by atoms with van der Waals surface area (Å²) in [6.45, 7) is 5.06. The number of carbonyl (C=O) groups is 1. The Hall–Kier alpha value is -2.14. The molecule has 0 saturated carbocycles. The lowest BCUT2D eigenvalue weighted by atomic mass is 10.2. The molecule has 106 valence electrons. The van der Waals surface area contributed by atoms with Gasteiger partial charge in [0.2, 0.25) is 5.91 Å². The summed E-state index contributed by atoms with van der Waals surface area (Å²) < 4.78 is 1.84. The quantitative estimate of drug-likeness (QED) is 0.843. The Bertz CT molecular complexity index is 551. The first-order valence-corrected chi connectivity index (χ1v) is 6.71. The zero-order chi connectivity index (χ0) is 14.4. The summed E-state index contributed by atoms with van der Waals surface area (Å²) in [5.41, 5.74) is 1.96. The lowest BCUT2D eigenvalue weighted by Crippen LogP contribution is -2.36. The molecule has 0 spiro atoms. The number of carbonyl (C=O) groups excluding carboxylic acids is 1. The third-order valence-corrected chi connectivity index (χ3v) is 2.93. The highest BCUT2D eigenvalue weighted by Gasteiger charge is 2.06. The van der Waals surface area contributed by atoms with Gasteiger partial charge in [-0.1, -0.05) is 12.1 Å². The molecule has 1 heterocycles. The van der Waals surface area contributed by atoms with Crippen LogP contribution in [0.1, 0.15) is 12.5 Å². The van der Waals surface area contributed by atoms with E-state index in [1.807, 2.05) is 55.1 Å². The maximum Gasteiger partial charge on any atom is 0.238 e. The van der Waals surface area contributed by atoms with E-state index in [4.69, 9.17) is 0 Å². The summed E-state index contributed by atoms with van der Waals surface area (Å²) in [5, 5.41) is 10.2. The van der Waals surface area contributed by atoms with Crippen LogP contribution in [0.3, 0.4) is 0 Å². The molecule has 0 radical (unpaired) electrons. The van der Waals surface area contributed by atoms with Crippen molar-refractivity contribution >= 4 is 11.6 Å². The topological polar surface area (TPSA) is 59.0 Å². The van der Waals surface area contributed by atoms with Crippen molar-refractivity contribution in [1.29, 1.82) is 0 Å². The SMILES string of the molecule is Cc1cccc(NC(=O)CNC(C)Cn2cccn2)c1. The van der Waals surface area contributed by atoms with Crippen molar-refractivity contribution < 1.29 is 4.79 Å². The summed E-state index contributed by atoms with van der Waals surface area (Å²) in [6, 6.07) is 9.83. The van der Waals surface area contributed by atoms with E-state index in [0.717, 1.165) is 17.8 Å². The molecule has 0 aliphatic carbocycles. The molecule has 1 unspecified atom stereocenters. The third kappa shape index (κ3) is 4.51. The molecule has 1 amide bonds. The summed E-state index contributed by atoms with van der Waals surface area (Å²) in [6.07, 6.45) is 3.65. The van der Waals surface area contributed by atoms with Crippen LogP contribution >= 0.6 is 0 Å². The predicted molar refractivity (Wildman–Crippen MR) is 79.5 cm³/mol. The van der Waals surface area contributed by atoms with Crippen LogP contribution in [0.25, 0.3) is 0 Å². The Labute approximate surface area is 119 Å². The monoisotopic (exact) mass is 272 g/mol. The van der Waals surface area contributed by atoms with Crippen LogP contribution < -0.4 is 10.6 Å². The molecule has 5 nitrogen and oxygen atoms in total. The molecule has 2 aromatic rings. The van der Waals surface area contributed by atoms with E-state index < -0.39 is 0 Å². The van der Waals surface area contributed by atoms with Crippen LogP contribution in [0.4, 0.5) is 5.69 Å². The second-order valence-electron chi connectivity index (χ2n) is 4.93. The van der Waals surface area contributed by atoms with Crippen molar-refractivity contribution in [1.82, 2.24) is 15.1 Å². The molecule has 20 heavy (non-hydrogen) atoms. The first-order valence-electron chi connectivity index (χ1n) is 6.71. The highest BCUT2D eigenvalue weighted by molar-refractivity contribution is 5.92. The maximum atomic E-state index is 11.8. The largest absolute Gasteiger partial charge is 0.325 e. The second kappa shape index (κ2) is 6.86. The summed E-state index contributed by atoms with van der Waals surface area (Å²) in [5.74, 6) is -0.0390. The maximum absolute atomic E-state index is 11.8. The molecule has 5 heteroatoms. The van der Waals surface area contributed by atoms with Gasteiger partial charge in [0.25, 0.3) is 0 Å². The number of aryl methyl sites for hydroxylation is 1. The number of nitrogens with zero attached hydrogens (tertiary/aromatic N) is 2. The molecular weight excluding hydrogens is 252 g/mol. The summed E-state index contributed by atoms with van der Waals surface area (Å²) in [7, 11) is 0. The minimum atomic E-state index is -0.0390. The van der Waals surface area contributed by atoms with Crippen LogP contribution in [0.5, 0.6) is 0 Å². The van der Waals surface area contributed by atoms with Gasteiger partial charge in [-0.15, -0.1) is 0 Å². The van der Waals surface area contributed by atoms with Crippen LogP contribution in [-0.2, 0) is 11.3 Å². The number of anilines is 1. The Morgan fingerprint density at radius 3 is 2.95 bits per heavy atom. The fourth-order valence-electron chi connectivity index (χ4n) is 1.95. The van der Waals surface area contributed by atoms with Crippen molar-refractivity contribution in [2.45, 2.75) is 26.4 Å². The molecule has 2 rings (SSSR count). The molecule has 0 fully saturated rings. The van der Waals surface area contributed by atoms with Gasteiger partial charge in [-0.3, -0.25) is 9.48 Å². The number of hydrogen-bond acceptors (Lipinski definition) is 3. The van der Waals surface area contributed by atoms with Gasteiger partial charge in [0.05, 0.1) is 13.1 Å². The van der Waals surface area contributed by atoms with E-state index in [9.17, 15) is 4.79 Å². The van der Waals surface area contributed by atoms with Gasteiger partial charge in [0, 0.05) is 24.1 Å². The number of rotatable bonds is 6. The van der Waals surface area contributed by atoms with Crippen LogP contribution in [0, 0.1) is 6.92 Å². The Morgan fingerprint density at radius 2 is 2.25 bits per heavy atom. The Balaban J connectivity index is 1.74. The number of amides is 1. The lowest BCUT2D eigenvalue weighted by molar-refractivity contribution is -0.115. The summed E-state index contributed by atoms with van der Waals surface area (Å²) >= 11 is 0. The molecule has 1 atom stereocenters. The van der Waals surface area contributed by atoms with E-state index in [0.29, 0.717) is 0 Å². The fourth-order valence-corrected chi connectivity index (χ4v) is 1.95. The molecule has 0 aliphatic heterocycles.